The Morgan fingerprint density at radius 1 is 0.808 bits per heavy atom. The number of fused-ring (bicyclic) bond motifs is 2. The van der Waals surface area contributed by atoms with E-state index in [0.717, 1.165) is 24.0 Å². The number of hydrogen-bond donors (Lipinski definition) is 0. The van der Waals surface area contributed by atoms with Crippen LogP contribution in [0.4, 0.5) is 4.79 Å². The second kappa shape index (κ2) is 7.20. The Morgan fingerprint density at radius 2 is 1.54 bits per heavy atom. The average molecular weight is 352 g/mol. The van der Waals surface area contributed by atoms with Crippen molar-refractivity contribution in [1.29, 1.82) is 0 Å². The first-order valence-electron chi connectivity index (χ1n) is 8.92. The molecule has 0 aromatic heterocycles. The Labute approximate surface area is 151 Å². The number of aryl methyl sites for hydroxylation is 1. The summed E-state index contributed by atoms with van der Waals surface area (Å²) in [5, 5.41) is 0. The molecular weight excluding hydrogens is 332 g/mol. The smallest absolute Gasteiger partial charge is 0.454 e. The first-order valence-corrected chi connectivity index (χ1v) is 8.92. The first kappa shape index (κ1) is 16.6. The van der Waals surface area contributed by atoms with Crippen LogP contribution in [-0.2, 0) is 20.6 Å². The number of carbonyl (C=O) groups excluding carboxylic acids is 2. The number of esters is 1. The van der Waals surface area contributed by atoms with Gasteiger partial charge in [-0.3, -0.25) is 0 Å². The van der Waals surface area contributed by atoms with Crippen molar-refractivity contribution in [2.24, 2.45) is 0 Å². The van der Waals surface area contributed by atoms with Crippen LogP contribution in [-0.4, -0.2) is 24.3 Å². The molecule has 3 atom stereocenters. The normalized spacial score (nSPS) is 25.8. The average Bonchev–Trinajstić information content (AvgIpc) is 3.00. The van der Waals surface area contributed by atoms with Crippen LogP contribution in [0.3, 0.4) is 0 Å². The second-order valence-electron chi connectivity index (χ2n) is 6.65. The van der Waals surface area contributed by atoms with Crippen molar-refractivity contribution in [3.8, 4) is 0 Å². The molecule has 2 heterocycles. The molecule has 5 nitrogen and oxygen atoms in total. The number of ether oxygens (including phenoxy) is 3. The number of cyclic esters (lactones) is 1. The minimum atomic E-state index is -0.643. The molecule has 5 heteroatoms. The van der Waals surface area contributed by atoms with Crippen molar-refractivity contribution in [2.75, 3.05) is 0 Å². The fourth-order valence-corrected chi connectivity index (χ4v) is 3.63. The summed E-state index contributed by atoms with van der Waals surface area (Å²) in [6, 6.07) is 17.0. The highest BCUT2D eigenvalue weighted by Crippen LogP contribution is 2.33. The van der Waals surface area contributed by atoms with Gasteiger partial charge >= 0.3 is 12.1 Å². The van der Waals surface area contributed by atoms with Crippen molar-refractivity contribution in [3.63, 3.8) is 0 Å². The summed E-state index contributed by atoms with van der Waals surface area (Å²) in [4.78, 5) is 24.4. The lowest BCUT2D eigenvalue weighted by atomic mass is 9.97. The van der Waals surface area contributed by atoms with Gasteiger partial charge < -0.3 is 14.2 Å². The van der Waals surface area contributed by atoms with Crippen LogP contribution in [0.5, 0.6) is 0 Å². The third-order valence-electron chi connectivity index (χ3n) is 4.95. The van der Waals surface area contributed by atoms with E-state index in [0.29, 0.717) is 18.4 Å². The summed E-state index contributed by atoms with van der Waals surface area (Å²) in [6.07, 6.45) is 0.737. The van der Waals surface area contributed by atoms with E-state index in [9.17, 15) is 9.59 Å². The van der Waals surface area contributed by atoms with Crippen LogP contribution in [0.25, 0.3) is 0 Å². The molecule has 0 amide bonds. The summed E-state index contributed by atoms with van der Waals surface area (Å²) < 4.78 is 16.5. The van der Waals surface area contributed by atoms with Crippen molar-refractivity contribution in [2.45, 2.75) is 44.0 Å². The second-order valence-corrected chi connectivity index (χ2v) is 6.65. The van der Waals surface area contributed by atoms with Crippen LogP contribution in [0, 0.1) is 0 Å². The highest BCUT2D eigenvalue weighted by atomic mass is 16.8. The van der Waals surface area contributed by atoms with Gasteiger partial charge in [0.25, 0.3) is 0 Å². The molecule has 2 aromatic rings. The lowest BCUT2D eigenvalue weighted by molar-refractivity contribution is 0.0123. The fraction of sp³-hybridized carbons (Fsp3) is 0.333. The van der Waals surface area contributed by atoms with Crippen molar-refractivity contribution in [1.82, 2.24) is 0 Å². The van der Waals surface area contributed by atoms with Gasteiger partial charge in [-0.15, -0.1) is 0 Å². The third-order valence-corrected chi connectivity index (χ3v) is 4.95. The third kappa shape index (κ3) is 3.43. The monoisotopic (exact) mass is 352 g/mol. The lowest BCUT2D eigenvalue weighted by Gasteiger charge is -2.22. The van der Waals surface area contributed by atoms with Gasteiger partial charge in [0.15, 0.2) is 0 Å². The molecule has 0 radical (unpaired) electrons. The summed E-state index contributed by atoms with van der Waals surface area (Å²) in [5.74, 6) is -0.349. The molecule has 0 aliphatic carbocycles. The first-order chi connectivity index (χ1) is 12.7. The molecule has 2 aliphatic heterocycles. The van der Waals surface area contributed by atoms with Crippen LogP contribution in [0.15, 0.2) is 54.6 Å². The molecular formula is C21H20O5. The largest absolute Gasteiger partial charge is 0.509 e. The molecule has 0 saturated carbocycles. The molecule has 4 rings (SSSR count). The molecule has 1 saturated heterocycles. The van der Waals surface area contributed by atoms with E-state index < -0.39 is 18.4 Å². The quantitative estimate of drug-likeness (QED) is 0.719. The fourth-order valence-electron chi connectivity index (χ4n) is 3.63. The zero-order chi connectivity index (χ0) is 17.9. The number of benzene rings is 2. The Morgan fingerprint density at radius 3 is 2.38 bits per heavy atom. The molecule has 134 valence electrons. The van der Waals surface area contributed by atoms with E-state index in [2.05, 4.69) is 0 Å². The molecule has 0 unspecified atom stereocenters. The van der Waals surface area contributed by atoms with E-state index in [-0.39, 0.29) is 12.1 Å². The van der Waals surface area contributed by atoms with Crippen LogP contribution >= 0.6 is 0 Å². The van der Waals surface area contributed by atoms with E-state index >= 15 is 0 Å². The molecule has 1 fully saturated rings. The summed E-state index contributed by atoms with van der Waals surface area (Å²) in [6.45, 7) is 0. The van der Waals surface area contributed by atoms with E-state index in [1.165, 1.54) is 0 Å². The Bertz CT molecular complexity index is 801. The van der Waals surface area contributed by atoms with E-state index in [1.54, 1.807) is 6.07 Å². The summed E-state index contributed by atoms with van der Waals surface area (Å²) >= 11 is 0. The van der Waals surface area contributed by atoms with Crippen LogP contribution in [0.1, 0.15) is 46.9 Å². The number of hydrogen-bond acceptors (Lipinski definition) is 5. The van der Waals surface area contributed by atoms with Crippen molar-refractivity contribution in [3.05, 3.63) is 71.3 Å². The topological polar surface area (TPSA) is 61.8 Å². The maximum absolute atomic E-state index is 12.8. The molecule has 2 aromatic carbocycles. The lowest BCUT2D eigenvalue weighted by Crippen LogP contribution is -2.26. The Balaban J connectivity index is 1.69. The Hall–Kier alpha value is -2.82. The maximum Gasteiger partial charge on any atom is 0.509 e. The number of carbonyl (C=O) groups is 2. The SMILES string of the molecule is O=C1O[C@@H]2CCCc3ccccc3C(=O)O[C@@H](c3ccccc3)C[C@H]2O1. The van der Waals surface area contributed by atoms with Crippen molar-refractivity contribution < 1.29 is 23.8 Å². The predicted octanol–water partition coefficient (Wildman–Crippen LogP) is 4.22. The van der Waals surface area contributed by atoms with Gasteiger partial charge in [-0.2, -0.15) is 0 Å². The predicted molar refractivity (Wildman–Crippen MR) is 93.7 cm³/mol. The van der Waals surface area contributed by atoms with Crippen LogP contribution < -0.4 is 0 Å². The van der Waals surface area contributed by atoms with Gasteiger partial charge in [0.1, 0.15) is 18.3 Å². The van der Waals surface area contributed by atoms with E-state index in [4.69, 9.17) is 14.2 Å². The highest BCUT2D eigenvalue weighted by molar-refractivity contribution is 5.91. The molecule has 0 bridgehead atoms. The van der Waals surface area contributed by atoms with E-state index in [1.807, 2.05) is 48.5 Å². The summed E-state index contributed by atoms with van der Waals surface area (Å²) in [7, 11) is 0. The van der Waals surface area contributed by atoms with Gasteiger partial charge in [0.05, 0.1) is 5.56 Å². The van der Waals surface area contributed by atoms with Gasteiger partial charge in [-0.25, -0.2) is 9.59 Å². The summed E-state index contributed by atoms with van der Waals surface area (Å²) in [5.41, 5.74) is 2.42. The zero-order valence-corrected chi connectivity index (χ0v) is 14.3. The van der Waals surface area contributed by atoms with Crippen molar-refractivity contribution >= 4 is 12.1 Å². The molecule has 26 heavy (non-hydrogen) atoms. The molecule has 2 aliphatic rings. The zero-order valence-electron chi connectivity index (χ0n) is 14.3. The van der Waals surface area contributed by atoms with Gasteiger partial charge in [-0.1, -0.05) is 48.5 Å². The molecule has 0 N–H and O–H groups in total. The van der Waals surface area contributed by atoms with Gasteiger partial charge in [-0.05, 0) is 36.5 Å². The highest BCUT2D eigenvalue weighted by Gasteiger charge is 2.39. The Kier molecular flexibility index (Phi) is 4.61. The van der Waals surface area contributed by atoms with Gasteiger partial charge in [0.2, 0.25) is 0 Å². The molecule has 0 spiro atoms. The minimum absolute atomic E-state index is 0.308. The standard InChI is InChI=1S/C21H20O5/c22-20-16-11-5-4-7-14(16)10-6-12-17-19(26-21(23)25-17)13-18(24-20)15-8-2-1-3-9-15/h1-5,7-9,11,17-19H,6,10,12-13H2/t17-,18-,19-/m1/s1. The van der Waals surface area contributed by atoms with Crippen LogP contribution in [0.2, 0.25) is 0 Å². The minimum Gasteiger partial charge on any atom is -0.454 e. The van der Waals surface area contributed by atoms with Gasteiger partial charge in [0, 0.05) is 6.42 Å². The maximum atomic E-state index is 12.8. The number of rotatable bonds is 1.